The number of carbonyl (C=O) groups excluding carboxylic acids is 1. The van der Waals surface area contributed by atoms with Gasteiger partial charge in [-0.2, -0.15) is 0 Å². The maximum Gasteiger partial charge on any atom is 0.374 e. The average Bonchev–Trinajstić information content (AvgIpc) is 2.04. The molecule has 2 nitrogen and oxygen atoms in total. The predicted octanol–water partition coefficient (Wildman–Crippen LogP) is 1.10. The fraction of sp³-hybridized carbons (Fsp3) is 0. The molecule has 0 saturated carbocycles. The van der Waals surface area contributed by atoms with Crippen molar-refractivity contribution in [2.75, 3.05) is 0 Å². The largest absolute Gasteiger partial charge is 0.568 e. The second-order valence-electron chi connectivity index (χ2n) is 1.92. The van der Waals surface area contributed by atoms with Crippen molar-refractivity contribution in [1.82, 2.24) is 0 Å². The number of carbonyl (C=O) groups is 1. The molecule has 0 atom stereocenters. The zero-order valence-corrected chi connectivity index (χ0v) is 5.58. The van der Waals surface area contributed by atoms with E-state index in [-0.39, 0.29) is 11.3 Å². The van der Waals surface area contributed by atoms with Crippen LogP contribution in [-0.4, -0.2) is 14.3 Å². The van der Waals surface area contributed by atoms with Gasteiger partial charge in [0.15, 0.2) is 6.29 Å². The Labute approximate surface area is 64.4 Å². The smallest absolute Gasteiger partial charge is 0.374 e. The van der Waals surface area contributed by atoms with Gasteiger partial charge >= 0.3 is 8.05 Å². The quantitative estimate of drug-likeness (QED) is 0.466. The number of benzene rings is 1. The SMILES string of the molecule is [B]Oc1ccc(C=O)c(F)c1. The van der Waals surface area contributed by atoms with Crippen molar-refractivity contribution in [2.45, 2.75) is 0 Å². The fourth-order valence-corrected chi connectivity index (χ4v) is 0.677. The lowest BCUT2D eigenvalue weighted by atomic mass is 10.2. The van der Waals surface area contributed by atoms with Gasteiger partial charge in [0.1, 0.15) is 11.6 Å². The van der Waals surface area contributed by atoms with E-state index in [9.17, 15) is 9.18 Å². The van der Waals surface area contributed by atoms with Crippen LogP contribution in [0, 0.1) is 5.82 Å². The molecule has 0 N–H and O–H groups in total. The second-order valence-corrected chi connectivity index (χ2v) is 1.92. The summed E-state index contributed by atoms with van der Waals surface area (Å²) in [5, 5.41) is 0. The van der Waals surface area contributed by atoms with Gasteiger partial charge < -0.3 is 4.65 Å². The van der Waals surface area contributed by atoms with Gasteiger partial charge in [-0.1, -0.05) is 0 Å². The van der Waals surface area contributed by atoms with Crippen molar-refractivity contribution in [3.05, 3.63) is 29.6 Å². The molecule has 0 amide bonds. The minimum Gasteiger partial charge on any atom is -0.568 e. The first-order valence-electron chi connectivity index (χ1n) is 2.89. The molecule has 1 rings (SSSR count). The zero-order valence-electron chi connectivity index (χ0n) is 5.58. The molecule has 0 aliphatic rings. The summed E-state index contributed by atoms with van der Waals surface area (Å²) in [6.45, 7) is 0. The highest BCUT2D eigenvalue weighted by atomic mass is 19.1. The second kappa shape index (κ2) is 3.19. The minimum absolute atomic E-state index is 0.00852. The molecule has 0 heterocycles. The Morgan fingerprint density at radius 3 is 2.73 bits per heavy atom. The molecular formula is C7H4BFO2. The molecule has 0 saturated heterocycles. The molecule has 1 aromatic rings. The third-order valence-corrected chi connectivity index (χ3v) is 1.23. The molecule has 0 unspecified atom stereocenters. The van der Waals surface area contributed by atoms with E-state index in [1.807, 2.05) is 0 Å². The minimum atomic E-state index is -0.636. The van der Waals surface area contributed by atoms with E-state index >= 15 is 0 Å². The molecule has 0 spiro atoms. The molecule has 11 heavy (non-hydrogen) atoms. The molecular weight excluding hydrogens is 146 g/mol. The lowest BCUT2D eigenvalue weighted by Gasteiger charge is -1.99. The van der Waals surface area contributed by atoms with Gasteiger partial charge in [0.05, 0.1) is 5.56 Å². The predicted molar refractivity (Wildman–Crippen MR) is 38.2 cm³/mol. The first-order chi connectivity index (χ1) is 5.27. The van der Waals surface area contributed by atoms with Crippen LogP contribution in [-0.2, 0) is 0 Å². The third-order valence-electron chi connectivity index (χ3n) is 1.23. The number of aldehydes is 1. The van der Waals surface area contributed by atoms with E-state index < -0.39 is 5.82 Å². The van der Waals surface area contributed by atoms with Gasteiger partial charge in [-0.15, -0.1) is 0 Å². The van der Waals surface area contributed by atoms with Crippen LogP contribution in [0.5, 0.6) is 5.75 Å². The molecule has 4 heteroatoms. The zero-order chi connectivity index (χ0) is 8.27. The summed E-state index contributed by atoms with van der Waals surface area (Å²) in [4.78, 5) is 10.1. The van der Waals surface area contributed by atoms with E-state index in [0.717, 1.165) is 6.07 Å². The number of hydrogen-bond donors (Lipinski definition) is 0. The lowest BCUT2D eigenvalue weighted by Crippen LogP contribution is -1.90. The highest BCUT2D eigenvalue weighted by Crippen LogP contribution is 2.13. The third kappa shape index (κ3) is 1.58. The first-order valence-corrected chi connectivity index (χ1v) is 2.89. The van der Waals surface area contributed by atoms with Gasteiger partial charge in [-0.3, -0.25) is 4.79 Å². The van der Waals surface area contributed by atoms with Crippen LogP contribution in [0.15, 0.2) is 18.2 Å². The Balaban J connectivity index is 3.09. The highest BCUT2D eigenvalue weighted by molar-refractivity contribution is 6.00. The molecule has 2 radical (unpaired) electrons. The topological polar surface area (TPSA) is 26.3 Å². The Morgan fingerprint density at radius 1 is 1.55 bits per heavy atom. The van der Waals surface area contributed by atoms with Crippen molar-refractivity contribution in [3.8, 4) is 5.75 Å². The van der Waals surface area contributed by atoms with Crippen LogP contribution in [0.1, 0.15) is 10.4 Å². The normalized spacial score (nSPS) is 9.18. The van der Waals surface area contributed by atoms with Gasteiger partial charge in [0.25, 0.3) is 0 Å². The standard InChI is InChI=1S/C7H4BFO2/c8-11-6-2-1-5(4-10)7(9)3-6/h1-4H. The Kier molecular flexibility index (Phi) is 2.26. The van der Waals surface area contributed by atoms with Crippen LogP contribution >= 0.6 is 0 Å². The van der Waals surface area contributed by atoms with Crippen molar-refractivity contribution < 1.29 is 13.8 Å². The summed E-state index contributed by atoms with van der Waals surface area (Å²) in [6, 6.07) is 3.75. The average molecular weight is 150 g/mol. The molecule has 0 bridgehead atoms. The van der Waals surface area contributed by atoms with Gasteiger partial charge in [-0.05, 0) is 12.1 Å². The maximum absolute atomic E-state index is 12.7. The summed E-state index contributed by atoms with van der Waals surface area (Å²) in [5.41, 5.74) is -0.00852. The van der Waals surface area contributed by atoms with Crippen molar-refractivity contribution in [1.29, 1.82) is 0 Å². The van der Waals surface area contributed by atoms with Gasteiger partial charge in [-0.25, -0.2) is 4.39 Å². The lowest BCUT2D eigenvalue weighted by molar-refractivity contribution is 0.112. The molecule has 1 aromatic carbocycles. The molecule has 54 valence electrons. The van der Waals surface area contributed by atoms with E-state index in [4.69, 9.17) is 8.05 Å². The number of halogens is 1. The Bertz CT molecular complexity index is 275. The van der Waals surface area contributed by atoms with Crippen molar-refractivity contribution in [2.24, 2.45) is 0 Å². The monoisotopic (exact) mass is 150 g/mol. The maximum atomic E-state index is 12.7. The number of hydrogen-bond acceptors (Lipinski definition) is 2. The number of rotatable bonds is 2. The molecule has 0 aliphatic heterocycles. The van der Waals surface area contributed by atoms with Crippen LogP contribution < -0.4 is 4.65 Å². The van der Waals surface area contributed by atoms with E-state index in [1.54, 1.807) is 0 Å². The van der Waals surface area contributed by atoms with E-state index in [2.05, 4.69) is 4.65 Å². The molecule has 0 aromatic heterocycles. The van der Waals surface area contributed by atoms with Crippen molar-refractivity contribution >= 4 is 14.3 Å². The fourth-order valence-electron chi connectivity index (χ4n) is 0.677. The highest BCUT2D eigenvalue weighted by Gasteiger charge is 2.00. The van der Waals surface area contributed by atoms with Gasteiger partial charge in [0.2, 0.25) is 0 Å². The van der Waals surface area contributed by atoms with E-state index in [0.29, 0.717) is 6.29 Å². The first kappa shape index (κ1) is 7.79. The molecule has 0 aliphatic carbocycles. The summed E-state index contributed by atoms with van der Waals surface area (Å²) < 4.78 is 16.9. The summed E-state index contributed by atoms with van der Waals surface area (Å²) >= 11 is 0. The van der Waals surface area contributed by atoms with Crippen LogP contribution in [0.25, 0.3) is 0 Å². The van der Waals surface area contributed by atoms with Crippen LogP contribution in [0.3, 0.4) is 0 Å². The van der Waals surface area contributed by atoms with Gasteiger partial charge in [0, 0.05) is 6.07 Å². The summed E-state index contributed by atoms with van der Waals surface area (Å²) in [6.07, 6.45) is 0.426. The molecule has 0 fully saturated rings. The summed E-state index contributed by atoms with van der Waals surface area (Å²) in [7, 11) is 4.76. The van der Waals surface area contributed by atoms with Crippen LogP contribution in [0.2, 0.25) is 0 Å². The Morgan fingerprint density at radius 2 is 2.27 bits per heavy atom. The summed E-state index contributed by atoms with van der Waals surface area (Å²) in [5.74, 6) is -0.448. The van der Waals surface area contributed by atoms with Crippen LogP contribution in [0.4, 0.5) is 4.39 Å². The van der Waals surface area contributed by atoms with Crippen molar-refractivity contribution in [3.63, 3.8) is 0 Å². The van der Waals surface area contributed by atoms with E-state index in [1.165, 1.54) is 12.1 Å². The Hall–Kier alpha value is -1.32.